The maximum atomic E-state index is 12.0. The molecule has 3 atom stereocenters. The third-order valence-electron chi connectivity index (χ3n) is 4.70. The van der Waals surface area contributed by atoms with Crippen LogP contribution < -0.4 is 5.32 Å². The molecule has 1 N–H and O–H groups in total. The summed E-state index contributed by atoms with van der Waals surface area (Å²) in [5.74, 6) is 1.21. The number of hydrogen-bond acceptors (Lipinski definition) is 5. The largest absolute Gasteiger partial charge is 0.465 e. The van der Waals surface area contributed by atoms with Gasteiger partial charge in [-0.3, -0.25) is 4.79 Å². The van der Waals surface area contributed by atoms with E-state index in [9.17, 15) is 4.79 Å². The van der Waals surface area contributed by atoms with Crippen LogP contribution in [0.1, 0.15) is 53.2 Å². The average Bonchev–Trinajstić information content (AvgIpc) is 3.02. The fourth-order valence-electron chi connectivity index (χ4n) is 2.77. The predicted molar refractivity (Wildman–Crippen MR) is 86.7 cm³/mol. The van der Waals surface area contributed by atoms with Gasteiger partial charge in [0.1, 0.15) is 5.41 Å². The molecule has 0 aliphatic heterocycles. The first-order valence-electron chi connectivity index (χ1n) is 7.76. The zero-order valence-electron chi connectivity index (χ0n) is 13.6. The Hall–Kier alpha value is -1.10. The number of rotatable bonds is 5. The molecule has 21 heavy (non-hydrogen) atoms. The number of nitrogens with one attached hydrogen (secondary N) is 1. The van der Waals surface area contributed by atoms with Crippen molar-refractivity contribution in [3.05, 3.63) is 11.1 Å². The number of carbonyl (C=O) groups is 1. The van der Waals surface area contributed by atoms with E-state index in [2.05, 4.69) is 24.1 Å². The van der Waals surface area contributed by atoms with E-state index in [1.165, 1.54) is 12.8 Å². The average molecular weight is 310 g/mol. The van der Waals surface area contributed by atoms with Gasteiger partial charge in [0.2, 0.25) is 0 Å². The van der Waals surface area contributed by atoms with Crippen molar-refractivity contribution >= 4 is 22.4 Å². The minimum absolute atomic E-state index is 0.218. The van der Waals surface area contributed by atoms with Crippen LogP contribution in [0.15, 0.2) is 5.38 Å². The summed E-state index contributed by atoms with van der Waals surface area (Å²) < 4.78 is 5.14. The van der Waals surface area contributed by atoms with Crippen LogP contribution in [-0.4, -0.2) is 23.6 Å². The van der Waals surface area contributed by atoms with Crippen molar-refractivity contribution in [1.29, 1.82) is 0 Å². The molecule has 0 bridgehead atoms. The number of nitrogens with zero attached hydrogens (tertiary/aromatic N) is 1. The standard InChI is InChI=1S/C16H26N2O2S/c1-6-20-14(19)16(4,5)13-9-21-15(18-13)17-12-8-7-10(2)11(12)3/h9-12H,6-8H2,1-5H3,(H,17,18). The second-order valence-electron chi connectivity index (χ2n) is 6.55. The first-order chi connectivity index (χ1) is 9.86. The van der Waals surface area contributed by atoms with Crippen molar-refractivity contribution in [2.45, 2.75) is 58.9 Å². The van der Waals surface area contributed by atoms with Crippen LogP contribution in [0.3, 0.4) is 0 Å². The van der Waals surface area contributed by atoms with Crippen LogP contribution in [0.2, 0.25) is 0 Å². The molecular weight excluding hydrogens is 284 g/mol. The lowest BCUT2D eigenvalue weighted by atomic mass is 9.90. The van der Waals surface area contributed by atoms with Gasteiger partial charge in [-0.1, -0.05) is 13.8 Å². The highest BCUT2D eigenvalue weighted by atomic mass is 32.1. The predicted octanol–water partition coefficient (Wildman–Crippen LogP) is 3.83. The van der Waals surface area contributed by atoms with Gasteiger partial charge in [0.05, 0.1) is 12.3 Å². The van der Waals surface area contributed by atoms with Crippen molar-refractivity contribution < 1.29 is 9.53 Å². The maximum Gasteiger partial charge on any atom is 0.317 e. The Kier molecular flexibility index (Phi) is 4.91. The quantitative estimate of drug-likeness (QED) is 0.840. The minimum atomic E-state index is -0.693. The number of thiazole rings is 1. The van der Waals surface area contributed by atoms with Crippen LogP contribution in [0, 0.1) is 11.8 Å². The van der Waals surface area contributed by atoms with E-state index in [-0.39, 0.29) is 5.97 Å². The molecular formula is C16H26N2O2S. The molecule has 1 heterocycles. The summed E-state index contributed by atoms with van der Waals surface area (Å²) in [6, 6.07) is 0.490. The molecule has 0 spiro atoms. The lowest BCUT2D eigenvalue weighted by Gasteiger charge is -2.20. The van der Waals surface area contributed by atoms with E-state index in [1.54, 1.807) is 11.3 Å². The molecule has 1 fully saturated rings. The highest BCUT2D eigenvalue weighted by Gasteiger charge is 2.35. The van der Waals surface area contributed by atoms with Gasteiger partial charge in [-0.25, -0.2) is 4.98 Å². The fraction of sp³-hybridized carbons (Fsp3) is 0.750. The van der Waals surface area contributed by atoms with Crippen molar-refractivity contribution in [2.24, 2.45) is 11.8 Å². The first-order valence-corrected chi connectivity index (χ1v) is 8.64. The number of esters is 1. The summed E-state index contributed by atoms with van der Waals surface area (Å²) in [6.45, 7) is 10.6. The summed E-state index contributed by atoms with van der Waals surface area (Å²) in [5.41, 5.74) is 0.0910. The summed E-state index contributed by atoms with van der Waals surface area (Å²) in [6.07, 6.45) is 2.46. The molecule has 1 aromatic heterocycles. The van der Waals surface area contributed by atoms with Crippen LogP contribution >= 0.6 is 11.3 Å². The zero-order chi connectivity index (χ0) is 15.6. The topological polar surface area (TPSA) is 51.2 Å². The highest BCUT2D eigenvalue weighted by molar-refractivity contribution is 7.13. The van der Waals surface area contributed by atoms with Gasteiger partial charge in [0, 0.05) is 11.4 Å². The third kappa shape index (κ3) is 3.39. The van der Waals surface area contributed by atoms with Gasteiger partial charge in [0.15, 0.2) is 5.13 Å². The second kappa shape index (κ2) is 6.34. The molecule has 0 aromatic carbocycles. The Morgan fingerprint density at radius 3 is 2.76 bits per heavy atom. The van der Waals surface area contributed by atoms with Crippen LogP contribution in [0.4, 0.5) is 5.13 Å². The summed E-state index contributed by atoms with van der Waals surface area (Å²) in [4.78, 5) is 16.7. The third-order valence-corrected chi connectivity index (χ3v) is 5.48. The molecule has 0 amide bonds. The second-order valence-corrected chi connectivity index (χ2v) is 7.41. The molecule has 4 nitrogen and oxygen atoms in total. The molecule has 3 unspecified atom stereocenters. The van der Waals surface area contributed by atoms with Gasteiger partial charge in [-0.15, -0.1) is 11.3 Å². The molecule has 1 aliphatic rings. The van der Waals surface area contributed by atoms with E-state index >= 15 is 0 Å². The Labute approximate surface area is 131 Å². The van der Waals surface area contributed by atoms with Crippen LogP contribution in [-0.2, 0) is 14.9 Å². The summed E-state index contributed by atoms with van der Waals surface area (Å²) in [7, 11) is 0. The smallest absolute Gasteiger partial charge is 0.317 e. The Morgan fingerprint density at radius 2 is 2.19 bits per heavy atom. The van der Waals surface area contributed by atoms with Gasteiger partial charge in [0.25, 0.3) is 0 Å². The monoisotopic (exact) mass is 310 g/mol. The Morgan fingerprint density at radius 1 is 1.48 bits per heavy atom. The van der Waals surface area contributed by atoms with E-state index < -0.39 is 5.41 Å². The zero-order valence-corrected chi connectivity index (χ0v) is 14.4. The number of carbonyl (C=O) groups excluding carboxylic acids is 1. The molecule has 5 heteroatoms. The van der Waals surface area contributed by atoms with Crippen molar-refractivity contribution in [1.82, 2.24) is 4.98 Å². The van der Waals surface area contributed by atoms with E-state index in [1.807, 2.05) is 26.2 Å². The highest BCUT2D eigenvalue weighted by Crippen LogP contribution is 2.35. The van der Waals surface area contributed by atoms with Crippen molar-refractivity contribution in [2.75, 3.05) is 11.9 Å². The normalized spacial score (nSPS) is 25.9. The fourth-order valence-corrected chi connectivity index (χ4v) is 3.71. The van der Waals surface area contributed by atoms with Crippen LogP contribution in [0.5, 0.6) is 0 Å². The molecule has 0 radical (unpaired) electrons. The first kappa shape index (κ1) is 16.3. The Bertz CT molecular complexity index is 498. The minimum Gasteiger partial charge on any atom is -0.465 e. The lowest BCUT2D eigenvalue weighted by Crippen LogP contribution is -2.31. The van der Waals surface area contributed by atoms with E-state index in [4.69, 9.17) is 4.74 Å². The van der Waals surface area contributed by atoms with E-state index in [0.717, 1.165) is 16.7 Å². The lowest BCUT2D eigenvalue weighted by molar-refractivity contribution is -0.148. The summed E-state index contributed by atoms with van der Waals surface area (Å²) >= 11 is 1.57. The van der Waals surface area contributed by atoms with Crippen molar-refractivity contribution in [3.63, 3.8) is 0 Å². The maximum absolute atomic E-state index is 12.0. The number of hydrogen-bond donors (Lipinski definition) is 1. The Balaban J connectivity index is 2.06. The van der Waals surface area contributed by atoms with Crippen molar-refractivity contribution in [3.8, 4) is 0 Å². The molecule has 1 aliphatic carbocycles. The van der Waals surface area contributed by atoms with Gasteiger partial charge < -0.3 is 10.1 Å². The van der Waals surface area contributed by atoms with Gasteiger partial charge in [-0.2, -0.15) is 0 Å². The number of aromatic nitrogens is 1. The molecule has 118 valence electrons. The molecule has 2 rings (SSSR count). The number of anilines is 1. The molecule has 1 aromatic rings. The number of ether oxygens (including phenoxy) is 1. The van der Waals surface area contributed by atoms with Gasteiger partial charge in [-0.05, 0) is 45.4 Å². The SMILES string of the molecule is CCOC(=O)C(C)(C)c1csc(NC2CCC(C)C2C)n1. The summed E-state index contributed by atoms with van der Waals surface area (Å²) in [5, 5.41) is 6.41. The van der Waals surface area contributed by atoms with E-state index in [0.29, 0.717) is 18.6 Å². The van der Waals surface area contributed by atoms with Gasteiger partial charge >= 0.3 is 5.97 Å². The van der Waals surface area contributed by atoms with Crippen LogP contribution in [0.25, 0.3) is 0 Å². The molecule has 0 saturated heterocycles. The molecule has 1 saturated carbocycles.